The first-order valence-electron chi connectivity index (χ1n) is 8.40. The Kier molecular flexibility index (Phi) is 5.18. The van der Waals surface area contributed by atoms with Crippen molar-refractivity contribution in [3.63, 3.8) is 0 Å². The summed E-state index contributed by atoms with van der Waals surface area (Å²) in [7, 11) is 1.64. The van der Waals surface area contributed by atoms with Gasteiger partial charge in [0.25, 0.3) is 0 Å². The van der Waals surface area contributed by atoms with Crippen LogP contribution in [0.4, 0.5) is 0 Å². The van der Waals surface area contributed by atoms with Crippen LogP contribution in [0, 0.1) is 13.8 Å². The summed E-state index contributed by atoms with van der Waals surface area (Å²) >= 11 is 1.43. The maximum absolute atomic E-state index is 12.6. The number of nitrogens with zero attached hydrogens (tertiary/aromatic N) is 2. The summed E-state index contributed by atoms with van der Waals surface area (Å²) in [6, 6.07) is 7.70. The van der Waals surface area contributed by atoms with E-state index in [1.807, 2.05) is 31.2 Å². The van der Waals surface area contributed by atoms with E-state index < -0.39 is 0 Å². The molecule has 0 atom stereocenters. The predicted molar refractivity (Wildman–Crippen MR) is 102 cm³/mol. The molecule has 0 aliphatic rings. The molecule has 6 heteroatoms. The summed E-state index contributed by atoms with van der Waals surface area (Å²) < 4.78 is 7.44. The number of ether oxygens (including phenoxy) is 1. The second-order valence-corrected chi connectivity index (χ2v) is 7.04. The highest BCUT2D eigenvalue weighted by atomic mass is 32.2. The molecule has 0 aliphatic heterocycles. The maximum atomic E-state index is 12.6. The molecular formula is C19H23N3O2S. The molecule has 0 bridgehead atoms. The van der Waals surface area contributed by atoms with Crippen molar-refractivity contribution in [3.05, 3.63) is 41.2 Å². The minimum Gasteiger partial charge on any atom is -0.497 e. The first kappa shape index (κ1) is 17.6. The number of hydrogen-bond donors (Lipinski definition) is 1. The molecular weight excluding hydrogens is 334 g/mol. The number of ketones is 1. The number of hydrogen-bond acceptors (Lipinski definition) is 4. The van der Waals surface area contributed by atoms with Gasteiger partial charge < -0.3 is 14.3 Å². The highest BCUT2D eigenvalue weighted by molar-refractivity contribution is 7.99. The van der Waals surface area contributed by atoms with Gasteiger partial charge in [0.15, 0.2) is 10.9 Å². The quantitative estimate of drug-likeness (QED) is 0.504. The van der Waals surface area contributed by atoms with Crippen molar-refractivity contribution in [1.82, 2.24) is 14.5 Å². The number of methoxy groups -OCH3 is 1. The van der Waals surface area contributed by atoms with Gasteiger partial charge in [0.05, 0.1) is 23.9 Å². The Labute approximate surface area is 151 Å². The van der Waals surface area contributed by atoms with Crippen molar-refractivity contribution in [2.24, 2.45) is 0 Å². The Balaban J connectivity index is 1.73. The van der Waals surface area contributed by atoms with Crippen molar-refractivity contribution < 1.29 is 9.53 Å². The SMILES string of the molecule is CCCn1c(C)cc(C(=O)CSc2nc3ccc(OC)cc3[nH]2)c1C. The third-order valence-corrected chi connectivity index (χ3v) is 5.20. The lowest BCUT2D eigenvalue weighted by Gasteiger charge is -2.07. The molecule has 3 rings (SSSR count). The molecule has 0 amide bonds. The molecule has 0 unspecified atom stereocenters. The molecule has 0 saturated carbocycles. The van der Waals surface area contributed by atoms with Crippen LogP contribution < -0.4 is 4.74 Å². The first-order chi connectivity index (χ1) is 12.0. The van der Waals surface area contributed by atoms with Gasteiger partial charge in [-0.1, -0.05) is 18.7 Å². The summed E-state index contributed by atoms with van der Waals surface area (Å²) in [5.74, 6) is 1.29. The molecule has 0 fully saturated rings. The Bertz CT molecular complexity index is 911. The number of aryl methyl sites for hydroxylation is 1. The van der Waals surface area contributed by atoms with Crippen molar-refractivity contribution in [3.8, 4) is 5.75 Å². The predicted octanol–water partition coefficient (Wildman–Crippen LogP) is 4.37. The van der Waals surface area contributed by atoms with Crippen LogP contribution in [0.5, 0.6) is 5.75 Å². The molecule has 0 radical (unpaired) electrons. The average molecular weight is 357 g/mol. The third kappa shape index (κ3) is 3.58. The molecule has 5 nitrogen and oxygen atoms in total. The lowest BCUT2D eigenvalue weighted by molar-refractivity contribution is 0.102. The number of benzene rings is 1. The van der Waals surface area contributed by atoms with Crippen LogP contribution in [0.3, 0.4) is 0 Å². The summed E-state index contributed by atoms with van der Waals surface area (Å²) in [6.45, 7) is 7.17. The molecule has 25 heavy (non-hydrogen) atoms. The number of carbonyl (C=O) groups excluding carboxylic acids is 1. The number of imidazole rings is 1. The zero-order valence-electron chi connectivity index (χ0n) is 15.0. The van der Waals surface area contributed by atoms with Gasteiger partial charge >= 0.3 is 0 Å². The Morgan fingerprint density at radius 2 is 2.12 bits per heavy atom. The van der Waals surface area contributed by atoms with Crippen molar-refractivity contribution in [2.45, 2.75) is 38.9 Å². The van der Waals surface area contributed by atoms with Crippen LogP contribution >= 0.6 is 11.8 Å². The normalized spacial score (nSPS) is 11.2. The zero-order valence-corrected chi connectivity index (χ0v) is 15.9. The standard InChI is InChI=1S/C19H23N3O2S/c1-5-8-22-12(2)9-15(13(22)3)18(23)11-25-19-20-16-7-6-14(24-4)10-17(16)21-19/h6-7,9-10H,5,8,11H2,1-4H3,(H,20,21). The van der Waals surface area contributed by atoms with E-state index in [0.29, 0.717) is 5.75 Å². The van der Waals surface area contributed by atoms with Crippen LogP contribution in [-0.2, 0) is 6.54 Å². The van der Waals surface area contributed by atoms with Gasteiger partial charge in [0, 0.05) is 29.6 Å². The van der Waals surface area contributed by atoms with Crippen LogP contribution in [-0.4, -0.2) is 33.2 Å². The largest absolute Gasteiger partial charge is 0.497 e. The van der Waals surface area contributed by atoms with Crippen LogP contribution in [0.25, 0.3) is 11.0 Å². The van der Waals surface area contributed by atoms with E-state index in [0.717, 1.165) is 51.9 Å². The fraction of sp³-hybridized carbons (Fsp3) is 0.368. The summed E-state index contributed by atoms with van der Waals surface area (Å²) in [5.41, 5.74) is 4.80. The lowest BCUT2D eigenvalue weighted by atomic mass is 10.2. The second kappa shape index (κ2) is 7.35. The number of aromatic amines is 1. The molecule has 1 N–H and O–H groups in total. The van der Waals surface area contributed by atoms with Crippen LogP contribution in [0.15, 0.2) is 29.4 Å². The number of Topliss-reactive ketones (excluding diaryl/α,β-unsaturated/α-hetero) is 1. The number of carbonyl (C=O) groups is 1. The molecule has 132 valence electrons. The molecule has 0 saturated heterocycles. The fourth-order valence-corrected chi connectivity index (χ4v) is 3.79. The number of rotatable bonds is 7. The highest BCUT2D eigenvalue weighted by Gasteiger charge is 2.16. The van der Waals surface area contributed by atoms with Crippen molar-refractivity contribution in [2.75, 3.05) is 12.9 Å². The lowest BCUT2D eigenvalue weighted by Crippen LogP contribution is -2.06. The molecule has 0 aliphatic carbocycles. The molecule has 2 aromatic heterocycles. The minimum absolute atomic E-state index is 0.137. The van der Waals surface area contributed by atoms with E-state index in [2.05, 4.69) is 28.4 Å². The molecule has 3 aromatic rings. The number of H-pyrrole nitrogens is 1. The Morgan fingerprint density at radius 3 is 2.84 bits per heavy atom. The number of fused-ring (bicyclic) bond motifs is 1. The van der Waals surface area contributed by atoms with Gasteiger partial charge in [-0.15, -0.1) is 0 Å². The molecule has 0 spiro atoms. The van der Waals surface area contributed by atoms with E-state index in [-0.39, 0.29) is 5.78 Å². The Morgan fingerprint density at radius 1 is 1.32 bits per heavy atom. The second-order valence-electron chi connectivity index (χ2n) is 6.07. The minimum atomic E-state index is 0.137. The van der Waals surface area contributed by atoms with E-state index in [1.165, 1.54) is 11.8 Å². The summed E-state index contributed by atoms with van der Waals surface area (Å²) in [5, 5.41) is 0.749. The number of nitrogens with one attached hydrogen (secondary N) is 1. The van der Waals surface area contributed by atoms with Crippen LogP contribution in [0.2, 0.25) is 0 Å². The van der Waals surface area contributed by atoms with Crippen molar-refractivity contribution >= 4 is 28.6 Å². The average Bonchev–Trinajstić information content (AvgIpc) is 3.14. The third-order valence-electron chi connectivity index (χ3n) is 4.33. The highest BCUT2D eigenvalue weighted by Crippen LogP contribution is 2.24. The van der Waals surface area contributed by atoms with Gasteiger partial charge in [-0.25, -0.2) is 4.98 Å². The van der Waals surface area contributed by atoms with E-state index in [1.54, 1.807) is 7.11 Å². The summed E-state index contributed by atoms with van der Waals surface area (Å²) in [6.07, 6.45) is 1.06. The maximum Gasteiger partial charge on any atom is 0.175 e. The van der Waals surface area contributed by atoms with Gasteiger partial charge in [0.1, 0.15) is 5.75 Å². The number of thioether (sulfide) groups is 1. The zero-order chi connectivity index (χ0) is 18.0. The Hall–Kier alpha value is -2.21. The van der Waals surface area contributed by atoms with Gasteiger partial charge in [-0.05, 0) is 38.5 Å². The smallest absolute Gasteiger partial charge is 0.175 e. The van der Waals surface area contributed by atoms with Gasteiger partial charge in [-0.2, -0.15) is 0 Å². The molecule has 1 aromatic carbocycles. The topological polar surface area (TPSA) is 59.9 Å². The van der Waals surface area contributed by atoms with Gasteiger partial charge in [0.2, 0.25) is 0 Å². The van der Waals surface area contributed by atoms with E-state index in [4.69, 9.17) is 4.74 Å². The van der Waals surface area contributed by atoms with E-state index >= 15 is 0 Å². The van der Waals surface area contributed by atoms with E-state index in [9.17, 15) is 4.79 Å². The fourth-order valence-electron chi connectivity index (χ4n) is 3.02. The van der Waals surface area contributed by atoms with Crippen molar-refractivity contribution in [1.29, 1.82) is 0 Å². The monoisotopic (exact) mass is 357 g/mol. The van der Waals surface area contributed by atoms with Crippen LogP contribution in [0.1, 0.15) is 35.1 Å². The van der Waals surface area contributed by atoms with Gasteiger partial charge in [-0.3, -0.25) is 4.79 Å². The summed E-state index contributed by atoms with van der Waals surface area (Å²) in [4.78, 5) is 20.4. The first-order valence-corrected chi connectivity index (χ1v) is 9.38. The number of aromatic nitrogens is 3. The molecule has 2 heterocycles.